The third-order valence-electron chi connectivity index (χ3n) is 6.38. The molecule has 0 radical (unpaired) electrons. The van der Waals surface area contributed by atoms with E-state index in [0.29, 0.717) is 44.9 Å². The van der Waals surface area contributed by atoms with Gasteiger partial charge in [-0.1, -0.05) is 12.8 Å². The zero-order valence-electron chi connectivity index (χ0n) is 12.8. The van der Waals surface area contributed by atoms with Crippen LogP contribution < -0.4 is 0 Å². The van der Waals surface area contributed by atoms with E-state index in [1.165, 1.54) is 0 Å². The molecule has 2 bridgehead atoms. The molecule has 4 aliphatic carbocycles. The summed E-state index contributed by atoms with van der Waals surface area (Å²) in [6.45, 7) is -0.904. The van der Waals surface area contributed by atoms with Gasteiger partial charge in [-0.3, -0.25) is 9.59 Å². The number of ketones is 1. The summed E-state index contributed by atoms with van der Waals surface area (Å²) in [6, 6.07) is 0. The third kappa shape index (κ3) is 1.95. The quantitative estimate of drug-likeness (QED) is 0.805. The Labute approximate surface area is 132 Å². The van der Waals surface area contributed by atoms with Gasteiger partial charge < -0.3 is 10.0 Å². The second-order valence-corrected chi connectivity index (χ2v) is 8.15. The van der Waals surface area contributed by atoms with Crippen LogP contribution in [-0.2, 0) is 9.59 Å². The summed E-state index contributed by atoms with van der Waals surface area (Å²) in [7, 11) is 0. The van der Waals surface area contributed by atoms with Gasteiger partial charge in [-0.25, -0.2) is 13.2 Å². The van der Waals surface area contributed by atoms with Crippen LogP contribution in [0.2, 0.25) is 0 Å². The summed E-state index contributed by atoms with van der Waals surface area (Å²) >= 11 is 0. The first kappa shape index (κ1) is 15.4. The summed E-state index contributed by atoms with van der Waals surface area (Å²) in [5.74, 6) is -5.04. The number of likely N-dealkylation sites (tertiary alicyclic amines) is 1. The standard InChI is InChI=1S/C16H20F3NO3/c17-14-6-13(7-14,8-14)5-10(21)11(22)20-9-16(18,19)12(23)15(20)3-1-2-4-15/h12,23H,1-9H2/t12-,13?,14?/m1/s1. The van der Waals surface area contributed by atoms with E-state index in [1.807, 2.05) is 0 Å². The van der Waals surface area contributed by atoms with E-state index in [-0.39, 0.29) is 6.42 Å². The molecule has 5 fully saturated rings. The summed E-state index contributed by atoms with van der Waals surface area (Å²) in [6.07, 6.45) is 0.793. The highest BCUT2D eigenvalue weighted by molar-refractivity contribution is 6.36. The molecule has 128 valence electrons. The van der Waals surface area contributed by atoms with E-state index in [0.717, 1.165) is 4.90 Å². The number of alkyl halides is 3. The summed E-state index contributed by atoms with van der Waals surface area (Å²) < 4.78 is 41.5. The number of amides is 1. The van der Waals surface area contributed by atoms with Crippen LogP contribution >= 0.6 is 0 Å². The highest BCUT2D eigenvalue weighted by atomic mass is 19.3. The Kier molecular flexibility index (Phi) is 2.88. The van der Waals surface area contributed by atoms with Gasteiger partial charge in [0.2, 0.25) is 5.78 Å². The Morgan fingerprint density at radius 1 is 1.09 bits per heavy atom. The fraction of sp³-hybridized carbons (Fsp3) is 0.875. The first-order chi connectivity index (χ1) is 10.6. The van der Waals surface area contributed by atoms with Crippen molar-refractivity contribution >= 4 is 11.7 Å². The van der Waals surface area contributed by atoms with Crippen molar-refractivity contribution in [1.82, 2.24) is 4.90 Å². The Hall–Kier alpha value is -1.11. The second-order valence-electron chi connectivity index (χ2n) is 8.15. The lowest BCUT2D eigenvalue weighted by Gasteiger charge is -2.65. The van der Waals surface area contributed by atoms with Crippen LogP contribution in [0, 0.1) is 5.41 Å². The molecule has 4 nitrogen and oxygen atoms in total. The molecule has 1 N–H and O–H groups in total. The molecule has 1 amide bonds. The minimum atomic E-state index is -3.39. The van der Waals surface area contributed by atoms with E-state index < -0.39 is 46.9 Å². The van der Waals surface area contributed by atoms with Gasteiger partial charge in [0, 0.05) is 6.42 Å². The molecule has 0 aromatic rings. The number of carbonyl (C=O) groups is 2. The number of carbonyl (C=O) groups excluding carboxylic acids is 2. The van der Waals surface area contributed by atoms with Crippen LogP contribution in [0.5, 0.6) is 0 Å². The van der Waals surface area contributed by atoms with Crippen LogP contribution in [0.15, 0.2) is 0 Å². The first-order valence-corrected chi connectivity index (χ1v) is 8.21. The Morgan fingerprint density at radius 3 is 2.17 bits per heavy atom. The minimum absolute atomic E-state index is 0.0637. The number of nitrogens with zero attached hydrogens (tertiary/aromatic N) is 1. The SMILES string of the molecule is O=C(CC12CC(F)(C1)C2)C(=O)N1CC(F)(F)[C@H](O)C12CCCC2. The van der Waals surface area contributed by atoms with Gasteiger partial charge in [0.15, 0.2) is 0 Å². The predicted octanol–water partition coefficient (Wildman–Crippen LogP) is 1.99. The van der Waals surface area contributed by atoms with Crippen molar-refractivity contribution in [2.45, 2.75) is 74.6 Å². The maximum Gasteiger partial charge on any atom is 0.292 e. The van der Waals surface area contributed by atoms with Gasteiger partial charge in [0.05, 0.1) is 12.1 Å². The lowest BCUT2D eigenvalue weighted by atomic mass is 9.41. The molecule has 7 heteroatoms. The molecule has 4 saturated carbocycles. The van der Waals surface area contributed by atoms with Gasteiger partial charge in [-0.15, -0.1) is 0 Å². The zero-order chi connectivity index (χ0) is 16.7. The summed E-state index contributed by atoms with van der Waals surface area (Å²) in [5.41, 5.74) is -2.89. The highest BCUT2D eigenvalue weighted by Crippen LogP contribution is 2.71. The normalized spacial score (nSPS) is 42.4. The van der Waals surface area contributed by atoms with Crippen molar-refractivity contribution in [2.75, 3.05) is 6.54 Å². The van der Waals surface area contributed by atoms with E-state index in [4.69, 9.17) is 0 Å². The summed E-state index contributed by atoms with van der Waals surface area (Å²) in [4.78, 5) is 25.7. The molecule has 1 aliphatic heterocycles. The van der Waals surface area contributed by atoms with Crippen molar-refractivity contribution in [3.8, 4) is 0 Å². The van der Waals surface area contributed by atoms with Crippen molar-refractivity contribution < 1.29 is 27.9 Å². The largest absolute Gasteiger partial charge is 0.384 e. The molecule has 1 saturated heterocycles. The van der Waals surface area contributed by atoms with Crippen LogP contribution in [-0.4, -0.2) is 51.5 Å². The van der Waals surface area contributed by atoms with Gasteiger partial charge in [-0.05, 0) is 37.5 Å². The number of rotatable bonds is 3. The predicted molar refractivity (Wildman–Crippen MR) is 73.6 cm³/mol. The monoisotopic (exact) mass is 331 g/mol. The molecule has 5 aliphatic rings. The maximum atomic E-state index is 14.0. The average molecular weight is 331 g/mol. The molecule has 0 aromatic carbocycles. The van der Waals surface area contributed by atoms with Crippen molar-refractivity contribution in [3.05, 3.63) is 0 Å². The van der Waals surface area contributed by atoms with Crippen molar-refractivity contribution in [3.63, 3.8) is 0 Å². The number of aliphatic hydroxyl groups excluding tert-OH is 1. The molecule has 1 heterocycles. The molecule has 23 heavy (non-hydrogen) atoms. The van der Waals surface area contributed by atoms with E-state index in [1.54, 1.807) is 0 Å². The van der Waals surface area contributed by atoms with Gasteiger partial charge in [0.1, 0.15) is 11.8 Å². The molecule has 1 atom stereocenters. The Bertz CT molecular complexity index is 565. The average Bonchev–Trinajstić information content (AvgIpc) is 2.96. The molecular weight excluding hydrogens is 311 g/mol. The molecular formula is C16H20F3NO3. The lowest BCUT2D eigenvalue weighted by Crippen LogP contribution is -2.65. The fourth-order valence-corrected chi connectivity index (χ4v) is 5.42. The Balaban J connectivity index is 1.52. The first-order valence-electron chi connectivity index (χ1n) is 8.21. The van der Waals surface area contributed by atoms with Crippen molar-refractivity contribution in [1.29, 1.82) is 0 Å². The zero-order valence-corrected chi connectivity index (χ0v) is 12.8. The highest BCUT2D eigenvalue weighted by Gasteiger charge is 2.70. The number of aliphatic hydroxyl groups is 1. The van der Waals surface area contributed by atoms with Crippen LogP contribution in [0.3, 0.4) is 0 Å². The van der Waals surface area contributed by atoms with Crippen LogP contribution in [0.4, 0.5) is 13.2 Å². The van der Waals surface area contributed by atoms with E-state index in [2.05, 4.69) is 0 Å². The number of halogens is 3. The fourth-order valence-electron chi connectivity index (χ4n) is 5.42. The maximum absolute atomic E-state index is 14.0. The molecule has 1 spiro atoms. The number of Topliss-reactive ketones (excluding diaryl/α,β-unsaturated/α-hetero) is 1. The summed E-state index contributed by atoms with van der Waals surface area (Å²) in [5, 5.41) is 10.0. The van der Waals surface area contributed by atoms with Gasteiger partial charge in [0.25, 0.3) is 11.8 Å². The molecule has 0 aromatic heterocycles. The number of hydrogen-bond donors (Lipinski definition) is 1. The van der Waals surface area contributed by atoms with E-state index in [9.17, 15) is 27.9 Å². The van der Waals surface area contributed by atoms with E-state index >= 15 is 0 Å². The second kappa shape index (κ2) is 4.29. The molecule has 5 rings (SSSR count). The topological polar surface area (TPSA) is 57.6 Å². The van der Waals surface area contributed by atoms with Crippen LogP contribution in [0.25, 0.3) is 0 Å². The van der Waals surface area contributed by atoms with Crippen LogP contribution in [0.1, 0.15) is 51.4 Å². The molecule has 0 unspecified atom stereocenters. The lowest BCUT2D eigenvalue weighted by molar-refractivity contribution is -0.216. The smallest absolute Gasteiger partial charge is 0.292 e. The Morgan fingerprint density at radius 2 is 1.65 bits per heavy atom. The van der Waals surface area contributed by atoms with Gasteiger partial charge >= 0.3 is 0 Å². The van der Waals surface area contributed by atoms with Crippen molar-refractivity contribution in [2.24, 2.45) is 5.41 Å². The minimum Gasteiger partial charge on any atom is -0.384 e. The third-order valence-corrected chi connectivity index (χ3v) is 6.38. The van der Waals surface area contributed by atoms with Gasteiger partial charge in [-0.2, -0.15) is 0 Å². The number of hydrogen-bond acceptors (Lipinski definition) is 3.